The van der Waals surface area contributed by atoms with E-state index in [-0.39, 0.29) is 0 Å². The minimum Gasteiger partial charge on any atom is -0.0827 e. The lowest BCUT2D eigenvalue weighted by Crippen LogP contribution is -2.12. The number of rotatable bonds is 0. The van der Waals surface area contributed by atoms with Gasteiger partial charge in [0.1, 0.15) is 0 Å². The molecule has 9 heavy (non-hydrogen) atoms. The maximum Gasteiger partial charge on any atom is 0.0412 e. The molecule has 0 bridgehead atoms. The highest BCUT2D eigenvalue weighted by atomic mass is 127. The molecule has 0 unspecified atom stereocenters. The predicted octanol–water partition coefficient (Wildman–Crippen LogP) is 3.09. The molecule has 0 fully saturated rings. The first-order valence-electron chi connectivity index (χ1n) is 3.15. The lowest BCUT2D eigenvalue weighted by atomic mass is 9.99. The van der Waals surface area contributed by atoms with Crippen molar-refractivity contribution in [3.63, 3.8) is 0 Å². The van der Waals surface area contributed by atoms with E-state index in [4.69, 9.17) is 0 Å². The number of hydrogen-bond donors (Lipinski definition) is 0. The molecule has 0 heterocycles. The molecule has 0 aliphatic heterocycles. The van der Waals surface area contributed by atoms with E-state index in [0.717, 1.165) is 0 Å². The van der Waals surface area contributed by atoms with E-state index < -0.39 is 0 Å². The summed E-state index contributed by atoms with van der Waals surface area (Å²) in [6, 6.07) is 0. The van der Waals surface area contributed by atoms with Gasteiger partial charge in [0.05, 0.1) is 0 Å². The molecule has 1 rings (SSSR count). The first-order chi connectivity index (χ1) is 4.10. The van der Waals surface area contributed by atoms with Crippen LogP contribution >= 0.6 is 22.6 Å². The summed E-state index contributed by atoms with van der Waals surface area (Å²) in [5.74, 6) is 0. The molecular formula is C8H11I. The van der Waals surface area contributed by atoms with E-state index in [9.17, 15) is 0 Å². The van der Waals surface area contributed by atoms with Crippen LogP contribution in [0, 0.1) is 0 Å². The van der Waals surface area contributed by atoms with Gasteiger partial charge in [-0.05, 0) is 20.3 Å². The van der Waals surface area contributed by atoms with Gasteiger partial charge in [0.15, 0.2) is 0 Å². The van der Waals surface area contributed by atoms with Gasteiger partial charge in [0.2, 0.25) is 0 Å². The molecule has 0 radical (unpaired) electrons. The van der Waals surface area contributed by atoms with Gasteiger partial charge < -0.3 is 0 Å². The molecule has 0 aromatic carbocycles. The number of hydrogen-bond acceptors (Lipinski definition) is 0. The van der Waals surface area contributed by atoms with Gasteiger partial charge in [-0.15, -0.1) is 0 Å². The maximum absolute atomic E-state index is 2.48. The van der Waals surface area contributed by atoms with Gasteiger partial charge in [-0.2, -0.15) is 0 Å². The molecule has 50 valence electrons. The summed E-state index contributed by atoms with van der Waals surface area (Å²) in [6.45, 7) is 4.40. The summed E-state index contributed by atoms with van der Waals surface area (Å²) in [4.78, 5) is 0. The van der Waals surface area contributed by atoms with Crippen LogP contribution < -0.4 is 0 Å². The number of allylic oxidation sites excluding steroid dienone is 4. The summed E-state index contributed by atoms with van der Waals surface area (Å²) in [7, 11) is 0. The number of halogens is 1. The average Bonchev–Trinajstić information content (AvgIpc) is 1.60. The zero-order valence-corrected chi connectivity index (χ0v) is 7.97. The Kier molecular flexibility index (Phi) is 1.99. The van der Waals surface area contributed by atoms with Crippen molar-refractivity contribution in [2.24, 2.45) is 0 Å². The zero-order chi connectivity index (χ0) is 6.91. The molecule has 0 nitrogen and oxygen atoms in total. The van der Waals surface area contributed by atoms with Crippen LogP contribution in [0.25, 0.3) is 0 Å². The van der Waals surface area contributed by atoms with E-state index in [1.165, 1.54) is 12.0 Å². The van der Waals surface area contributed by atoms with E-state index >= 15 is 0 Å². The molecule has 0 saturated carbocycles. The fraction of sp³-hybridized carbons (Fsp3) is 0.500. The van der Waals surface area contributed by atoms with Crippen molar-refractivity contribution in [1.82, 2.24) is 0 Å². The first-order valence-corrected chi connectivity index (χ1v) is 4.23. The van der Waals surface area contributed by atoms with Crippen LogP contribution in [-0.2, 0) is 0 Å². The average molecular weight is 234 g/mol. The van der Waals surface area contributed by atoms with Gasteiger partial charge >= 0.3 is 0 Å². The van der Waals surface area contributed by atoms with Crippen molar-refractivity contribution in [3.8, 4) is 0 Å². The topological polar surface area (TPSA) is 0 Å². The third-order valence-electron chi connectivity index (χ3n) is 1.43. The van der Waals surface area contributed by atoms with Crippen molar-refractivity contribution in [2.45, 2.75) is 23.7 Å². The van der Waals surface area contributed by atoms with Gasteiger partial charge in [0.25, 0.3) is 0 Å². The van der Waals surface area contributed by atoms with Gasteiger partial charge in [-0.1, -0.05) is 46.4 Å². The SMILES string of the molecule is CC1=C[C@@](C)(I)CC=C1. The molecule has 1 atom stereocenters. The molecule has 0 saturated heterocycles. The summed E-state index contributed by atoms with van der Waals surface area (Å²) in [5.41, 5.74) is 1.39. The molecule has 0 aromatic heterocycles. The third kappa shape index (κ3) is 2.12. The minimum atomic E-state index is 0.372. The van der Waals surface area contributed by atoms with Crippen molar-refractivity contribution in [3.05, 3.63) is 23.8 Å². The standard InChI is InChI=1S/C8H11I/c1-7-4-3-5-8(2,9)6-7/h3-4,6H,5H2,1-2H3/t8-/m0/s1. The fourth-order valence-corrected chi connectivity index (χ4v) is 1.80. The Morgan fingerprint density at radius 2 is 2.33 bits per heavy atom. The largest absolute Gasteiger partial charge is 0.0827 e. The summed E-state index contributed by atoms with van der Waals surface area (Å²) in [5, 5.41) is 0. The monoisotopic (exact) mass is 234 g/mol. The molecule has 0 spiro atoms. The molecule has 1 aliphatic rings. The van der Waals surface area contributed by atoms with Gasteiger partial charge in [0, 0.05) is 3.42 Å². The second-order valence-electron chi connectivity index (χ2n) is 2.77. The lowest BCUT2D eigenvalue weighted by molar-refractivity contribution is 0.826. The zero-order valence-electron chi connectivity index (χ0n) is 5.82. The Labute approximate surface area is 70.2 Å². The summed E-state index contributed by atoms with van der Waals surface area (Å²) in [6.07, 6.45) is 7.90. The second kappa shape index (κ2) is 2.45. The van der Waals surface area contributed by atoms with Crippen molar-refractivity contribution >= 4 is 22.6 Å². The van der Waals surface area contributed by atoms with Crippen LogP contribution in [0.5, 0.6) is 0 Å². The third-order valence-corrected chi connectivity index (χ3v) is 2.18. The molecule has 1 heteroatoms. The van der Waals surface area contributed by atoms with Crippen LogP contribution in [0.2, 0.25) is 0 Å². The molecule has 0 N–H and O–H groups in total. The van der Waals surface area contributed by atoms with Gasteiger partial charge in [-0.25, -0.2) is 0 Å². The Morgan fingerprint density at radius 3 is 2.67 bits per heavy atom. The van der Waals surface area contributed by atoms with Crippen LogP contribution in [0.3, 0.4) is 0 Å². The van der Waals surface area contributed by atoms with Crippen LogP contribution in [0.4, 0.5) is 0 Å². The van der Waals surface area contributed by atoms with Crippen LogP contribution in [-0.4, -0.2) is 3.42 Å². The highest BCUT2D eigenvalue weighted by Gasteiger charge is 2.16. The van der Waals surface area contributed by atoms with E-state index in [0.29, 0.717) is 3.42 Å². The Balaban J connectivity index is 2.78. The van der Waals surface area contributed by atoms with E-state index in [1.807, 2.05) is 0 Å². The lowest BCUT2D eigenvalue weighted by Gasteiger charge is -2.19. The van der Waals surface area contributed by atoms with Gasteiger partial charge in [-0.3, -0.25) is 0 Å². The molecule has 1 aliphatic carbocycles. The molecule has 0 amide bonds. The first kappa shape index (κ1) is 7.32. The fourth-order valence-electron chi connectivity index (χ4n) is 1.06. The highest BCUT2D eigenvalue weighted by molar-refractivity contribution is 14.1. The maximum atomic E-state index is 2.48. The highest BCUT2D eigenvalue weighted by Crippen LogP contribution is 2.29. The Hall–Kier alpha value is 0.210. The Morgan fingerprint density at radius 1 is 1.67 bits per heavy atom. The van der Waals surface area contributed by atoms with Crippen LogP contribution in [0.1, 0.15) is 20.3 Å². The van der Waals surface area contributed by atoms with Crippen molar-refractivity contribution < 1.29 is 0 Å². The van der Waals surface area contributed by atoms with Crippen molar-refractivity contribution in [2.75, 3.05) is 0 Å². The van der Waals surface area contributed by atoms with E-state index in [2.05, 4.69) is 54.7 Å². The molecular weight excluding hydrogens is 223 g/mol. The molecule has 0 aromatic rings. The van der Waals surface area contributed by atoms with Crippen LogP contribution in [0.15, 0.2) is 23.8 Å². The predicted molar refractivity (Wildman–Crippen MR) is 49.9 cm³/mol. The quantitative estimate of drug-likeness (QED) is 0.446. The normalized spacial score (nSPS) is 34.3. The summed E-state index contributed by atoms with van der Waals surface area (Å²) < 4.78 is 0.372. The van der Waals surface area contributed by atoms with E-state index in [1.54, 1.807) is 0 Å². The summed E-state index contributed by atoms with van der Waals surface area (Å²) >= 11 is 2.48. The second-order valence-corrected chi connectivity index (χ2v) is 5.24. The Bertz CT molecular complexity index is 163. The van der Waals surface area contributed by atoms with Crippen molar-refractivity contribution in [1.29, 1.82) is 0 Å². The number of alkyl halides is 1. The minimum absolute atomic E-state index is 0.372. The smallest absolute Gasteiger partial charge is 0.0412 e.